The lowest BCUT2D eigenvalue weighted by Crippen LogP contribution is -2.25. The minimum atomic E-state index is -0.267. The average molecular weight is 366 g/mol. The zero-order valence-corrected chi connectivity index (χ0v) is 15.0. The molecule has 1 heterocycles. The van der Waals surface area contributed by atoms with Gasteiger partial charge < -0.3 is 15.4 Å². The van der Waals surface area contributed by atoms with Gasteiger partial charge in [-0.05, 0) is 29.6 Å². The monoisotopic (exact) mass is 366 g/mol. The summed E-state index contributed by atoms with van der Waals surface area (Å²) in [5.74, 6) is 0.209. The molecule has 2 N–H and O–H groups in total. The molecule has 0 aliphatic heterocycles. The highest BCUT2D eigenvalue weighted by molar-refractivity contribution is 7.08. The molecule has 26 heavy (non-hydrogen) atoms. The number of hydrogen-bond acceptors (Lipinski definition) is 4. The van der Waals surface area contributed by atoms with Crippen LogP contribution in [0.4, 0.5) is 5.69 Å². The van der Waals surface area contributed by atoms with Gasteiger partial charge in [-0.1, -0.05) is 30.3 Å². The Morgan fingerprint density at radius 1 is 1.00 bits per heavy atom. The summed E-state index contributed by atoms with van der Waals surface area (Å²) in [7, 11) is 1.59. The van der Waals surface area contributed by atoms with Gasteiger partial charge in [0.1, 0.15) is 5.75 Å². The van der Waals surface area contributed by atoms with Crippen LogP contribution in [0.3, 0.4) is 0 Å². The summed E-state index contributed by atoms with van der Waals surface area (Å²) >= 11 is 1.45. The van der Waals surface area contributed by atoms with Gasteiger partial charge in [0.15, 0.2) is 0 Å². The molecule has 6 heteroatoms. The van der Waals surface area contributed by atoms with Crippen molar-refractivity contribution in [3.63, 3.8) is 0 Å². The van der Waals surface area contributed by atoms with Crippen LogP contribution in [0.1, 0.15) is 26.3 Å². The fourth-order valence-corrected chi connectivity index (χ4v) is 3.13. The van der Waals surface area contributed by atoms with E-state index >= 15 is 0 Å². The number of nitrogens with one attached hydrogen (secondary N) is 2. The third-order valence-corrected chi connectivity index (χ3v) is 4.52. The number of benzene rings is 2. The van der Waals surface area contributed by atoms with Gasteiger partial charge in [-0.25, -0.2) is 0 Å². The minimum Gasteiger partial charge on any atom is -0.496 e. The van der Waals surface area contributed by atoms with E-state index in [0.29, 0.717) is 29.1 Å². The molecule has 3 aromatic rings. The van der Waals surface area contributed by atoms with Crippen molar-refractivity contribution in [2.75, 3.05) is 12.4 Å². The number of para-hydroxylation sites is 2. The number of methoxy groups -OCH3 is 1. The first kappa shape index (κ1) is 17.7. The van der Waals surface area contributed by atoms with Crippen LogP contribution >= 0.6 is 11.3 Å². The maximum absolute atomic E-state index is 12.6. The number of ether oxygens (including phenoxy) is 1. The molecule has 0 aliphatic rings. The lowest BCUT2D eigenvalue weighted by molar-refractivity contribution is 0.0951. The van der Waals surface area contributed by atoms with Crippen molar-refractivity contribution < 1.29 is 14.3 Å². The van der Waals surface area contributed by atoms with E-state index in [0.717, 1.165) is 5.56 Å². The van der Waals surface area contributed by atoms with Gasteiger partial charge in [0, 0.05) is 17.5 Å². The number of hydrogen-bond donors (Lipinski definition) is 2. The summed E-state index contributed by atoms with van der Waals surface area (Å²) < 4.78 is 5.29. The summed E-state index contributed by atoms with van der Waals surface area (Å²) in [6, 6.07) is 16.2. The van der Waals surface area contributed by atoms with Crippen molar-refractivity contribution in [3.8, 4) is 5.75 Å². The number of rotatable bonds is 6. The first-order valence-corrected chi connectivity index (χ1v) is 8.96. The van der Waals surface area contributed by atoms with E-state index in [-0.39, 0.29) is 11.8 Å². The van der Waals surface area contributed by atoms with Crippen molar-refractivity contribution in [1.29, 1.82) is 0 Å². The molecular weight excluding hydrogens is 348 g/mol. The van der Waals surface area contributed by atoms with E-state index in [1.54, 1.807) is 42.8 Å². The number of carbonyl (C=O) groups is 2. The molecule has 0 spiro atoms. The van der Waals surface area contributed by atoms with Crippen LogP contribution < -0.4 is 15.4 Å². The fourth-order valence-electron chi connectivity index (χ4n) is 2.50. The van der Waals surface area contributed by atoms with Gasteiger partial charge in [-0.2, -0.15) is 11.3 Å². The van der Waals surface area contributed by atoms with Gasteiger partial charge in [-0.15, -0.1) is 0 Å². The van der Waals surface area contributed by atoms with E-state index in [2.05, 4.69) is 10.6 Å². The van der Waals surface area contributed by atoms with Crippen molar-refractivity contribution in [2.24, 2.45) is 0 Å². The maximum Gasteiger partial charge on any atom is 0.256 e. The number of amides is 2. The second-order valence-electron chi connectivity index (χ2n) is 5.51. The molecule has 0 atom stereocenters. The first-order chi connectivity index (χ1) is 12.7. The Hall–Kier alpha value is -3.12. The molecule has 3 rings (SSSR count). The average Bonchev–Trinajstić information content (AvgIpc) is 3.21. The molecule has 0 saturated carbocycles. The normalized spacial score (nSPS) is 10.2. The molecule has 1 aromatic heterocycles. The largest absolute Gasteiger partial charge is 0.496 e. The third-order valence-electron chi connectivity index (χ3n) is 3.84. The topological polar surface area (TPSA) is 67.4 Å². The molecule has 0 radical (unpaired) electrons. The van der Waals surface area contributed by atoms with E-state index in [1.807, 2.05) is 29.6 Å². The predicted molar refractivity (Wildman–Crippen MR) is 103 cm³/mol. The summed E-state index contributed by atoms with van der Waals surface area (Å²) in [4.78, 5) is 24.9. The van der Waals surface area contributed by atoms with E-state index in [1.165, 1.54) is 11.3 Å². The van der Waals surface area contributed by atoms with E-state index < -0.39 is 0 Å². The van der Waals surface area contributed by atoms with Crippen LogP contribution in [0.2, 0.25) is 0 Å². The standard InChI is InChI=1S/C20H18N2O3S/c1-25-18-9-5-2-6-14(18)12-21-20(24)16-7-3-4-8-17(16)22-19(23)15-10-11-26-13-15/h2-11,13H,12H2,1H3,(H,21,24)(H,22,23). The van der Waals surface area contributed by atoms with Gasteiger partial charge >= 0.3 is 0 Å². The molecular formula is C20H18N2O3S. The van der Waals surface area contributed by atoms with Crippen LogP contribution in [0.15, 0.2) is 65.4 Å². The van der Waals surface area contributed by atoms with Crippen LogP contribution in [0, 0.1) is 0 Å². The van der Waals surface area contributed by atoms with Crippen LogP contribution in [-0.2, 0) is 6.54 Å². The Balaban J connectivity index is 1.72. The van der Waals surface area contributed by atoms with Crippen molar-refractivity contribution in [1.82, 2.24) is 5.32 Å². The Kier molecular flexibility index (Phi) is 5.66. The lowest BCUT2D eigenvalue weighted by atomic mass is 10.1. The molecule has 0 unspecified atom stereocenters. The summed E-state index contributed by atoms with van der Waals surface area (Å²) in [6.45, 7) is 0.329. The zero-order chi connectivity index (χ0) is 18.4. The molecule has 0 bridgehead atoms. The van der Waals surface area contributed by atoms with Crippen LogP contribution in [0.5, 0.6) is 5.75 Å². The Morgan fingerprint density at radius 3 is 2.54 bits per heavy atom. The van der Waals surface area contributed by atoms with Crippen molar-refractivity contribution in [3.05, 3.63) is 82.0 Å². The number of anilines is 1. The fraction of sp³-hybridized carbons (Fsp3) is 0.100. The Labute approximate surface area is 155 Å². The second-order valence-corrected chi connectivity index (χ2v) is 6.29. The molecule has 2 aromatic carbocycles. The third kappa shape index (κ3) is 4.10. The maximum atomic E-state index is 12.6. The predicted octanol–water partition coefficient (Wildman–Crippen LogP) is 3.94. The molecule has 0 fully saturated rings. The highest BCUT2D eigenvalue weighted by atomic mass is 32.1. The Morgan fingerprint density at radius 2 is 1.77 bits per heavy atom. The summed E-state index contributed by atoms with van der Waals surface area (Å²) in [6.07, 6.45) is 0. The highest BCUT2D eigenvalue weighted by Crippen LogP contribution is 2.19. The van der Waals surface area contributed by atoms with Crippen LogP contribution in [0.25, 0.3) is 0 Å². The lowest BCUT2D eigenvalue weighted by Gasteiger charge is -2.12. The molecule has 132 valence electrons. The van der Waals surface area contributed by atoms with Gasteiger partial charge in [0.05, 0.1) is 23.9 Å². The zero-order valence-electron chi connectivity index (χ0n) is 14.2. The van der Waals surface area contributed by atoms with E-state index in [4.69, 9.17) is 4.74 Å². The summed E-state index contributed by atoms with van der Waals surface area (Å²) in [5.41, 5.74) is 2.33. The van der Waals surface area contributed by atoms with Gasteiger partial charge in [-0.3, -0.25) is 9.59 Å². The quantitative estimate of drug-likeness (QED) is 0.694. The van der Waals surface area contributed by atoms with Crippen LogP contribution in [-0.4, -0.2) is 18.9 Å². The van der Waals surface area contributed by atoms with Gasteiger partial charge in [0.25, 0.3) is 11.8 Å². The number of carbonyl (C=O) groups excluding carboxylic acids is 2. The SMILES string of the molecule is COc1ccccc1CNC(=O)c1ccccc1NC(=O)c1ccsc1. The Bertz CT molecular complexity index is 907. The van der Waals surface area contributed by atoms with Crippen molar-refractivity contribution >= 4 is 28.8 Å². The smallest absolute Gasteiger partial charge is 0.256 e. The molecule has 5 nitrogen and oxygen atoms in total. The van der Waals surface area contributed by atoms with Gasteiger partial charge in [0.2, 0.25) is 0 Å². The summed E-state index contributed by atoms with van der Waals surface area (Å²) in [5, 5.41) is 9.26. The molecule has 0 saturated heterocycles. The minimum absolute atomic E-state index is 0.240. The van der Waals surface area contributed by atoms with E-state index in [9.17, 15) is 9.59 Å². The highest BCUT2D eigenvalue weighted by Gasteiger charge is 2.14. The second kappa shape index (κ2) is 8.31. The first-order valence-electron chi connectivity index (χ1n) is 8.01. The number of thiophene rings is 1. The molecule has 0 aliphatic carbocycles. The molecule has 2 amide bonds. The van der Waals surface area contributed by atoms with Crippen molar-refractivity contribution in [2.45, 2.75) is 6.54 Å².